The van der Waals surface area contributed by atoms with Crippen molar-refractivity contribution >= 4 is 0 Å². The van der Waals surface area contributed by atoms with Gasteiger partial charge in [0.25, 0.3) is 0 Å². The van der Waals surface area contributed by atoms with Crippen LogP contribution in [0, 0.1) is 17.8 Å². The van der Waals surface area contributed by atoms with Crippen LogP contribution in [0.1, 0.15) is 78.6 Å². The molecule has 2 aliphatic carbocycles. The van der Waals surface area contributed by atoms with Crippen molar-refractivity contribution in [1.29, 1.82) is 0 Å². The van der Waals surface area contributed by atoms with E-state index in [9.17, 15) is 0 Å². The van der Waals surface area contributed by atoms with Crippen molar-refractivity contribution in [3.8, 4) is 0 Å². The molecule has 0 heterocycles. The molecule has 2 fully saturated rings. The van der Waals surface area contributed by atoms with E-state index in [2.05, 4.69) is 26.1 Å². The van der Waals surface area contributed by atoms with Gasteiger partial charge in [-0.1, -0.05) is 52.9 Å². The Morgan fingerprint density at radius 1 is 0.889 bits per heavy atom. The molecule has 1 heteroatoms. The zero-order valence-electron chi connectivity index (χ0n) is 12.8. The van der Waals surface area contributed by atoms with E-state index in [1.54, 1.807) is 0 Å². The van der Waals surface area contributed by atoms with E-state index in [0.29, 0.717) is 0 Å². The molecule has 1 N–H and O–H groups in total. The maximum absolute atomic E-state index is 4.02. The molecule has 0 spiro atoms. The lowest BCUT2D eigenvalue weighted by molar-refractivity contribution is 0.188. The van der Waals surface area contributed by atoms with Gasteiger partial charge in [-0.25, -0.2) is 0 Å². The Kier molecular flexibility index (Phi) is 5.54. The summed E-state index contributed by atoms with van der Waals surface area (Å²) >= 11 is 0. The fraction of sp³-hybridized carbons (Fsp3) is 1.00. The summed E-state index contributed by atoms with van der Waals surface area (Å²) < 4.78 is 0. The first-order valence-corrected chi connectivity index (χ1v) is 8.46. The maximum atomic E-state index is 4.02. The number of rotatable bonds is 3. The third-order valence-electron chi connectivity index (χ3n) is 5.82. The molecule has 5 unspecified atom stereocenters. The van der Waals surface area contributed by atoms with Gasteiger partial charge >= 0.3 is 0 Å². The van der Waals surface area contributed by atoms with Crippen molar-refractivity contribution in [3.05, 3.63) is 0 Å². The molecule has 2 rings (SSSR count). The summed E-state index contributed by atoms with van der Waals surface area (Å²) in [6.07, 6.45) is 12.9. The number of hydrogen-bond donors (Lipinski definition) is 1. The minimum Gasteiger partial charge on any atom is -0.311 e. The van der Waals surface area contributed by atoms with Crippen LogP contribution < -0.4 is 5.32 Å². The van der Waals surface area contributed by atoms with E-state index >= 15 is 0 Å². The molecule has 0 amide bonds. The second-order valence-electron chi connectivity index (χ2n) is 7.02. The predicted octanol–water partition coefficient (Wildman–Crippen LogP) is 4.76. The van der Waals surface area contributed by atoms with Gasteiger partial charge in [-0.3, -0.25) is 0 Å². The fourth-order valence-electron chi connectivity index (χ4n) is 4.07. The van der Waals surface area contributed by atoms with Crippen LogP contribution in [0.2, 0.25) is 0 Å². The predicted molar refractivity (Wildman–Crippen MR) is 79.8 cm³/mol. The summed E-state index contributed by atoms with van der Waals surface area (Å²) in [5, 5.41) is 4.02. The molecule has 1 nitrogen and oxygen atoms in total. The molecular weight excluding hydrogens is 218 g/mol. The van der Waals surface area contributed by atoms with Gasteiger partial charge in [-0.05, 0) is 43.4 Å². The highest BCUT2D eigenvalue weighted by atomic mass is 15.0. The molecular formula is C17H33N. The van der Waals surface area contributed by atoms with Crippen LogP contribution in [-0.4, -0.2) is 12.1 Å². The van der Waals surface area contributed by atoms with Gasteiger partial charge in [0, 0.05) is 12.1 Å². The summed E-state index contributed by atoms with van der Waals surface area (Å²) in [5.74, 6) is 2.81. The van der Waals surface area contributed by atoms with E-state index in [0.717, 1.165) is 29.8 Å². The highest BCUT2D eigenvalue weighted by Gasteiger charge is 2.29. The minimum absolute atomic E-state index is 0.803. The first-order valence-electron chi connectivity index (χ1n) is 8.46. The van der Waals surface area contributed by atoms with Crippen molar-refractivity contribution in [2.75, 3.05) is 0 Å². The van der Waals surface area contributed by atoms with Crippen molar-refractivity contribution in [2.24, 2.45) is 17.8 Å². The molecule has 106 valence electrons. The first kappa shape index (κ1) is 14.4. The van der Waals surface area contributed by atoms with Gasteiger partial charge in [-0.15, -0.1) is 0 Å². The second kappa shape index (κ2) is 6.93. The van der Waals surface area contributed by atoms with Gasteiger partial charge in [0.2, 0.25) is 0 Å². The van der Waals surface area contributed by atoms with Crippen LogP contribution in [0.15, 0.2) is 0 Å². The summed E-state index contributed by atoms with van der Waals surface area (Å²) in [4.78, 5) is 0. The summed E-state index contributed by atoms with van der Waals surface area (Å²) in [7, 11) is 0. The minimum atomic E-state index is 0.803. The molecule has 0 radical (unpaired) electrons. The third kappa shape index (κ3) is 3.73. The maximum Gasteiger partial charge on any atom is 0.00978 e. The average Bonchev–Trinajstić information content (AvgIpc) is 2.60. The quantitative estimate of drug-likeness (QED) is 0.713. The van der Waals surface area contributed by atoms with Crippen LogP contribution in [0.5, 0.6) is 0 Å². The molecule has 2 saturated carbocycles. The van der Waals surface area contributed by atoms with Crippen LogP contribution in [0.4, 0.5) is 0 Å². The van der Waals surface area contributed by atoms with Gasteiger partial charge in [0.1, 0.15) is 0 Å². The average molecular weight is 251 g/mol. The Bertz CT molecular complexity index is 238. The molecule has 5 atom stereocenters. The number of nitrogens with one attached hydrogen (secondary N) is 1. The standard InChI is InChI=1S/C17H33N/c1-4-15-8-6-9-16(12-11-15)18-17-10-5-7-13(2)14(17)3/h13-18H,4-12H2,1-3H3. The Morgan fingerprint density at radius 3 is 2.44 bits per heavy atom. The molecule has 0 bridgehead atoms. The van der Waals surface area contributed by atoms with Crippen LogP contribution >= 0.6 is 0 Å². The molecule has 0 aliphatic heterocycles. The molecule has 18 heavy (non-hydrogen) atoms. The molecule has 0 aromatic heterocycles. The Balaban J connectivity index is 1.81. The fourth-order valence-corrected chi connectivity index (χ4v) is 4.07. The number of hydrogen-bond acceptors (Lipinski definition) is 1. The van der Waals surface area contributed by atoms with Crippen molar-refractivity contribution in [2.45, 2.75) is 90.6 Å². The normalized spacial score (nSPS) is 42.5. The molecule has 2 aliphatic rings. The lowest BCUT2D eigenvalue weighted by Gasteiger charge is -2.37. The van der Waals surface area contributed by atoms with Crippen LogP contribution in [0.3, 0.4) is 0 Å². The van der Waals surface area contributed by atoms with E-state index in [1.165, 1.54) is 57.8 Å². The van der Waals surface area contributed by atoms with Crippen molar-refractivity contribution in [1.82, 2.24) is 5.32 Å². The zero-order chi connectivity index (χ0) is 13.0. The second-order valence-corrected chi connectivity index (χ2v) is 7.02. The van der Waals surface area contributed by atoms with Gasteiger partial charge in [-0.2, -0.15) is 0 Å². The summed E-state index contributed by atoms with van der Waals surface area (Å²) in [5.41, 5.74) is 0. The lowest BCUT2D eigenvalue weighted by Crippen LogP contribution is -2.45. The van der Waals surface area contributed by atoms with Gasteiger partial charge < -0.3 is 5.32 Å². The Morgan fingerprint density at radius 2 is 1.67 bits per heavy atom. The lowest BCUT2D eigenvalue weighted by atomic mass is 9.77. The molecule has 0 saturated heterocycles. The first-order chi connectivity index (χ1) is 8.70. The Labute approximate surface area is 114 Å². The highest BCUT2D eigenvalue weighted by Crippen LogP contribution is 2.31. The monoisotopic (exact) mass is 251 g/mol. The van der Waals surface area contributed by atoms with Crippen molar-refractivity contribution < 1.29 is 0 Å². The third-order valence-corrected chi connectivity index (χ3v) is 5.82. The molecule has 0 aromatic carbocycles. The van der Waals surface area contributed by atoms with Crippen molar-refractivity contribution in [3.63, 3.8) is 0 Å². The zero-order valence-corrected chi connectivity index (χ0v) is 12.8. The summed E-state index contributed by atoms with van der Waals surface area (Å²) in [6, 6.07) is 1.62. The van der Waals surface area contributed by atoms with E-state index < -0.39 is 0 Å². The van der Waals surface area contributed by atoms with E-state index in [-0.39, 0.29) is 0 Å². The topological polar surface area (TPSA) is 12.0 Å². The SMILES string of the molecule is CCC1CCCC(NC2CCCC(C)C2C)CC1. The van der Waals surface area contributed by atoms with E-state index in [1.807, 2.05) is 0 Å². The largest absolute Gasteiger partial charge is 0.311 e. The Hall–Kier alpha value is -0.0400. The highest BCUT2D eigenvalue weighted by molar-refractivity contribution is 4.86. The van der Waals surface area contributed by atoms with Crippen LogP contribution in [0.25, 0.3) is 0 Å². The summed E-state index contributed by atoms with van der Waals surface area (Å²) in [6.45, 7) is 7.27. The smallest absolute Gasteiger partial charge is 0.00978 e. The van der Waals surface area contributed by atoms with Gasteiger partial charge in [0.05, 0.1) is 0 Å². The van der Waals surface area contributed by atoms with Crippen LogP contribution in [-0.2, 0) is 0 Å². The van der Waals surface area contributed by atoms with Gasteiger partial charge in [0.15, 0.2) is 0 Å². The van der Waals surface area contributed by atoms with E-state index in [4.69, 9.17) is 0 Å². The molecule has 0 aromatic rings.